The lowest BCUT2D eigenvalue weighted by molar-refractivity contribution is -0.111. The molecule has 1 aliphatic rings. The largest absolute Gasteiger partial charge is 0.303 e. The van der Waals surface area contributed by atoms with Crippen LogP contribution in [0.15, 0.2) is 42.5 Å². The van der Waals surface area contributed by atoms with Gasteiger partial charge in [0.05, 0.1) is 0 Å². The minimum atomic E-state index is 0.169. The lowest BCUT2D eigenvalue weighted by atomic mass is 9.79. The molecule has 14 heavy (non-hydrogen) atoms. The molecule has 0 saturated carbocycles. The van der Waals surface area contributed by atoms with Crippen LogP contribution in [0.3, 0.4) is 0 Å². The molecule has 0 radical (unpaired) electrons. The molecule has 1 nitrogen and oxygen atoms in total. The van der Waals surface area contributed by atoms with Gasteiger partial charge in [-0.1, -0.05) is 42.5 Å². The second-order valence-corrected chi connectivity index (χ2v) is 3.76. The van der Waals surface area contributed by atoms with Gasteiger partial charge in [-0.15, -0.1) is 0 Å². The maximum Gasteiger partial charge on any atom is 0.124 e. The van der Waals surface area contributed by atoms with Crippen molar-refractivity contribution >= 4 is 6.29 Å². The summed E-state index contributed by atoms with van der Waals surface area (Å²) in [5, 5.41) is 0. The average Bonchev–Trinajstić information content (AvgIpc) is 2.30. The van der Waals surface area contributed by atoms with Gasteiger partial charge >= 0.3 is 0 Å². The Balaban J connectivity index is 2.24. The van der Waals surface area contributed by atoms with Crippen molar-refractivity contribution in [2.45, 2.75) is 18.8 Å². The van der Waals surface area contributed by atoms with E-state index >= 15 is 0 Å². The highest BCUT2D eigenvalue weighted by Gasteiger charge is 2.22. The summed E-state index contributed by atoms with van der Waals surface area (Å²) in [7, 11) is 0. The van der Waals surface area contributed by atoms with Crippen LogP contribution in [0.2, 0.25) is 0 Å². The summed E-state index contributed by atoms with van der Waals surface area (Å²) in [6.45, 7) is 0. The predicted octanol–water partition coefficient (Wildman–Crippen LogP) is 2.94. The Hall–Kier alpha value is -1.37. The first-order chi connectivity index (χ1) is 6.92. The summed E-state index contributed by atoms with van der Waals surface area (Å²) in [6.07, 6.45) is 7.27. The number of carbonyl (C=O) groups is 1. The highest BCUT2D eigenvalue weighted by molar-refractivity contribution is 5.57. The van der Waals surface area contributed by atoms with Crippen LogP contribution < -0.4 is 0 Å². The van der Waals surface area contributed by atoms with E-state index in [1.165, 1.54) is 5.56 Å². The standard InChI is InChI=1S/C13H14O/c14-10-12-8-4-5-9-13(12)11-6-2-1-3-7-11/h1-7,10,12-13H,8-9H2/t12-,13-/m0/s1. The van der Waals surface area contributed by atoms with Crippen molar-refractivity contribution in [2.75, 3.05) is 0 Å². The lowest BCUT2D eigenvalue weighted by Crippen LogP contribution is -2.16. The van der Waals surface area contributed by atoms with Crippen molar-refractivity contribution in [3.05, 3.63) is 48.0 Å². The van der Waals surface area contributed by atoms with E-state index in [0.29, 0.717) is 5.92 Å². The van der Waals surface area contributed by atoms with Gasteiger partial charge in [0.2, 0.25) is 0 Å². The molecule has 0 fully saturated rings. The van der Waals surface area contributed by atoms with Crippen molar-refractivity contribution in [2.24, 2.45) is 5.92 Å². The fourth-order valence-electron chi connectivity index (χ4n) is 2.07. The molecule has 0 spiro atoms. The molecule has 0 saturated heterocycles. The molecule has 2 rings (SSSR count). The summed E-state index contributed by atoms with van der Waals surface area (Å²) < 4.78 is 0. The van der Waals surface area contributed by atoms with Crippen LogP contribution in [0.1, 0.15) is 24.3 Å². The van der Waals surface area contributed by atoms with Crippen LogP contribution in [0.5, 0.6) is 0 Å². The van der Waals surface area contributed by atoms with Gasteiger partial charge in [-0.05, 0) is 24.3 Å². The van der Waals surface area contributed by atoms with Gasteiger partial charge in [0.1, 0.15) is 6.29 Å². The number of benzene rings is 1. The van der Waals surface area contributed by atoms with E-state index in [1.54, 1.807) is 0 Å². The molecule has 0 N–H and O–H groups in total. The molecule has 2 atom stereocenters. The second-order valence-electron chi connectivity index (χ2n) is 3.76. The van der Waals surface area contributed by atoms with Crippen molar-refractivity contribution in [1.29, 1.82) is 0 Å². The zero-order valence-corrected chi connectivity index (χ0v) is 8.10. The van der Waals surface area contributed by atoms with Gasteiger partial charge in [0.25, 0.3) is 0 Å². The number of hydrogen-bond donors (Lipinski definition) is 0. The molecular weight excluding hydrogens is 172 g/mol. The minimum Gasteiger partial charge on any atom is -0.303 e. The Labute approximate surface area is 84.5 Å². The van der Waals surface area contributed by atoms with Crippen molar-refractivity contribution in [3.63, 3.8) is 0 Å². The van der Waals surface area contributed by atoms with Crippen molar-refractivity contribution in [1.82, 2.24) is 0 Å². The van der Waals surface area contributed by atoms with Crippen LogP contribution in [0.4, 0.5) is 0 Å². The van der Waals surface area contributed by atoms with Crippen LogP contribution >= 0.6 is 0 Å². The molecule has 1 aromatic rings. The van der Waals surface area contributed by atoms with Gasteiger partial charge in [0.15, 0.2) is 0 Å². The Bertz CT molecular complexity index is 326. The molecule has 0 bridgehead atoms. The molecule has 0 amide bonds. The maximum atomic E-state index is 10.9. The average molecular weight is 186 g/mol. The van der Waals surface area contributed by atoms with Crippen molar-refractivity contribution < 1.29 is 4.79 Å². The zero-order chi connectivity index (χ0) is 9.80. The van der Waals surface area contributed by atoms with Crippen LogP contribution in [-0.2, 0) is 4.79 Å². The predicted molar refractivity (Wildman–Crippen MR) is 57.1 cm³/mol. The van der Waals surface area contributed by atoms with E-state index in [0.717, 1.165) is 19.1 Å². The zero-order valence-electron chi connectivity index (χ0n) is 8.10. The van der Waals surface area contributed by atoms with E-state index in [1.807, 2.05) is 18.2 Å². The Morgan fingerprint density at radius 2 is 1.79 bits per heavy atom. The van der Waals surface area contributed by atoms with Gasteiger partial charge in [-0.3, -0.25) is 0 Å². The first-order valence-electron chi connectivity index (χ1n) is 5.07. The van der Waals surface area contributed by atoms with Crippen LogP contribution in [-0.4, -0.2) is 6.29 Å². The van der Waals surface area contributed by atoms with E-state index in [9.17, 15) is 4.79 Å². The highest BCUT2D eigenvalue weighted by atomic mass is 16.1. The summed E-state index contributed by atoms with van der Waals surface area (Å²) in [5.41, 5.74) is 1.29. The fraction of sp³-hybridized carbons (Fsp3) is 0.308. The lowest BCUT2D eigenvalue weighted by Gasteiger charge is -2.24. The third kappa shape index (κ3) is 1.77. The monoisotopic (exact) mass is 186 g/mol. The van der Waals surface area contributed by atoms with Crippen LogP contribution in [0.25, 0.3) is 0 Å². The SMILES string of the molecule is O=C[C@@H]1CC=CC[C@H]1c1ccccc1. The maximum absolute atomic E-state index is 10.9. The Morgan fingerprint density at radius 1 is 1.07 bits per heavy atom. The first kappa shape index (κ1) is 9.20. The topological polar surface area (TPSA) is 17.1 Å². The van der Waals surface area contributed by atoms with Gasteiger partial charge < -0.3 is 4.79 Å². The normalized spacial score (nSPS) is 26.0. The van der Waals surface area contributed by atoms with E-state index < -0.39 is 0 Å². The molecule has 1 heteroatoms. The molecule has 0 aliphatic heterocycles. The molecule has 0 heterocycles. The number of hydrogen-bond acceptors (Lipinski definition) is 1. The molecule has 0 unspecified atom stereocenters. The summed E-state index contributed by atoms with van der Waals surface area (Å²) in [6, 6.07) is 10.3. The Morgan fingerprint density at radius 3 is 2.50 bits per heavy atom. The highest BCUT2D eigenvalue weighted by Crippen LogP contribution is 2.32. The number of aldehydes is 1. The fourth-order valence-corrected chi connectivity index (χ4v) is 2.07. The van der Waals surface area contributed by atoms with Crippen molar-refractivity contribution in [3.8, 4) is 0 Å². The molecule has 1 aromatic carbocycles. The number of rotatable bonds is 2. The number of allylic oxidation sites excluding steroid dienone is 2. The summed E-state index contributed by atoms with van der Waals surface area (Å²) in [5.74, 6) is 0.557. The quantitative estimate of drug-likeness (QED) is 0.512. The number of carbonyl (C=O) groups excluding carboxylic acids is 1. The minimum absolute atomic E-state index is 0.169. The third-order valence-corrected chi connectivity index (χ3v) is 2.88. The smallest absolute Gasteiger partial charge is 0.124 e. The summed E-state index contributed by atoms with van der Waals surface area (Å²) >= 11 is 0. The van der Waals surface area contributed by atoms with Gasteiger partial charge in [-0.2, -0.15) is 0 Å². The van der Waals surface area contributed by atoms with E-state index in [2.05, 4.69) is 24.3 Å². The van der Waals surface area contributed by atoms with Gasteiger partial charge in [0, 0.05) is 5.92 Å². The molecular formula is C13H14O. The molecule has 0 aromatic heterocycles. The van der Waals surface area contributed by atoms with Gasteiger partial charge in [-0.25, -0.2) is 0 Å². The molecule has 72 valence electrons. The molecule has 1 aliphatic carbocycles. The third-order valence-electron chi connectivity index (χ3n) is 2.88. The van der Waals surface area contributed by atoms with E-state index in [-0.39, 0.29) is 5.92 Å². The first-order valence-corrected chi connectivity index (χ1v) is 5.07. The van der Waals surface area contributed by atoms with E-state index in [4.69, 9.17) is 0 Å². The second kappa shape index (κ2) is 4.23. The Kier molecular flexibility index (Phi) is 2.78. The summed E-state index contributed by atoms with van der Waals surface area (Å²) in [4.78, 5) is 10.9. The van der Waals surface area contributed by atoms with Crippen LogP contribution in [0, 0.1) is 5.92 Å².